The van der Waals surface area contributed by atoms with E-state index in [9.17, 15) is 5.26 Å². The van der Waals surface area contributed by atoms with E-state index >= 15 is 0 Å². The average Bonchev–Trinajstić information content (AvgIpc) is 2.74. The number of benzene rings is 2. The van der Waals surface area contributed by atoms with Gasteiger partial charge in [0.1, 0.15) is 11.9 Å². The Morgan fingerprint density at radius 2 is 1.50 bits per heavy atom. The molecule has 0 radical (unpaired) electrons. The molecule has 1 aliphatic rings. The maximum absolute atomic E-state index is 9.91. The van der Waals surface area contributed by atoms with Gasteiger partial charge in [-0.1, -0.05) is 60.7 Å². The van der Waals surface area contributed by atoms with Crippen molar-refractivity contribution < 1.29 is 4.74 Å². The molecule has 0 unspecified atom stereocenters. The Kier molecular flexibility index (Phi) is 4.49. The number of pyridine rings is 1. The number of hydrogen-bond acceptors (Lipinski definition) is 3. The summed E-state index contributed by atoms with van der Waals surface area (Å²) in [6, 6.07) is 26.5. The van der Waals surface area contributed by atoms with E-state index in [1.807, 2.05) is 60.7 Å². The molecule has 1 aliphatic heterocycles. The molecule has 0 saturated heterocycles. The minimum atomic E-state index is -0.0957. The Balaban J connectivity index is 1.84. The summed E-state index contributed by atoms with van der Waals surface area (Å²) in [6.45, 7) is 0. The van der Waals surface area contributed by atoms with Gasteiger partial charge in [0.25, 0.3) is 0 Å². The molecule has 126 valence electrons. The molecule has 0 aliphatic carbocycles. The first kappa shape index (κ1) is 16.1. The molecule has 0 N–H and O–H groups in total. The number of nitrogens with zero attached hydrogens (tertiary/aromatic N) is 2. The maximum atomic E-state index is 9.91. The zero-order valence-electron chi connectivity index (χ0n) is 14.2. The van der Waals surface area contributed by atoms with Crippen molar-refractivity contribution in [2.75, 3.05) is 0 Å². The van der Waals surface area contributed by atoms with Crippen molar-refractivity contribution in [3.05, 3.63) is 107 Å². The fourth-order valence-corrected chi connectivity index (χ4v) is 3.46. The SMILES string of the molecule is N#CC1=C(c2ccccc2)O[C@@H](c2ccccc2)C[C@@H]1c1ccncc1. The number of rotatable bonds is 3. The summed E-state index contributed by atoms with van der Waals surface area (Å²) in [5.41, 5.74) is 3.82. The molecule has 3 nitrogen and oxygen atoms in total. The number of aromatic nitrogens is 1. The van der Waals surface area contributed by atoms with Crippen molar-refractivity contribution in [1.82, 2.24) is 4.98 Å². The molecule has 2 heterocycles. The average molecular weight is 338 g/mol. The van der Waals surface area contributed by atoms with Gasteiger partial charge in [0, 0.05) is 30.3 Å². The molecule has 0 spiro atoms. The zero-order valence-corrected chi connectivity index (χ0v) is 14.2. The van der Waals surface area contributed by atoms with Crippen molar-refractivity contribution in [3.63, 3.8) is 0 Å². The zero-order chi connectivity index (χ0) is 17.8. The lowest BCUT2D eigenvalue weighted by molar-refractivity contribution is 0.138. The standard InChI is InChI=1S/C23H18N2O/c24-16-21-20(17-11-13-25-14-12-17)15-22(18-7-3-1-4-8-18)26-23(21)19-9-5-2-6-10-19/h1-14,20,22H,15H2/t20-,22-/m1/s1. The lowest BCUT2D eigenvalue weighted by Gasteiger charge is -2.32. The van der Waals surface area contributed by atoms with Crippen LogP contribution in [-0.2, 0) is 4.74 Å². The first-order valence-electron chi connectivity index (χ1n) is 8.68. The van der Waals surface area contributed by atoms with E-state index in [1.54, 1.807) is 12.4 Å². The highest BCUT2D eigenvalue weighted by atomic mass is 16.5. The summed E-state index contributed by atoms with van der Waals surface area (Å²) in [7, 11) is 0. The van der Waals surface area contributed by atoms with E-state index in [2.05, 4.69) is 23.2 Å². The van der Waals surface area contributed by atoms with Crippen LogP contribution in [0.5, 0.6) is 0 Å². The first-order chi connectivity index (χ1) is 12.9. The van der Waals surface area contributed by atoms with Gasteiger partial charge in [-0.25, -0.2) is 0 Å². The van der Waals surface area contributed by atoms with Gasteiger partial charge in [-0.15, -0.1) is 0 Å². The summed E-state index contributed by atoms with van der Waals surface area (Å²) in [6.07, 6.45) is 4.19. The molecular weight excluding hydrogens is 320 g/mol. The van der Waals surface area contributed by atoms with Crippen LogP contribution >= 0.6 is 0 Å². The molecule has 0 amide bonds. The normalized spacial score (nSPS) is 19.5. The maximum Gasteiger partial charge on any atom is 0.141 e. The largest absolute Gasteiger partial charge is 0.484 e. The molecular formula is C23H18N2O. The van der Waals surface area contributed by atoms with Gasteiger partial charge >= 0.3 is 0 Å². The third-order valence-corrected chi connectivity index (χ3v) is 4.74. The van der Waals surface area contributed by atoms with E-state index < -0.39 is 0 Å². The van der Waals surface area contributed by atoms with Crippen LogP contribution in [-0.4, -0.2) is 4.98 Å². The number of nitriles is 1. The molecule has 26 heavy (non-hydrogen) atoms. The predicted molar refractivity (Wildman–Crippen MR) is 101 cm³/mol. The van der Waals surface area contributed by atoms with Crippen molar-refractivity contribution in [2.24, 2.45) is 0 Å². The van der Waals surface area contributed by atoms with Crippen LogP contribution in [0.3, 0.4) is 0 Å². The summed E-state index contributed by atoms with van der Waals surface area (Å²) in [5, 5.41) is 9.91. The summed E-state index contributed by atoms with van der Waals surface area (Å²) >= 11 is 0. The molecule has 2 aromatic carbocycles. The van der Waals surface area contributed by atoms with Gasteiger partial charge in [0.05, 0.1) is 11.6 Å². The molecule has 1 aromatic heterocycles. The Bertz CT molecular complexity index is 944. The van der Waals surface area contributed by atoms with Crippen molar-refractivity contribution in [3.8, 4) is 6.07 Å². The van der Waals surface area contributed by atoms with Gasteiger partial charge in [-0.05, 0) is 23.3 Å². The van der Waals surface area contributed by atoms with E-state index in [0.29, 0.717) is 11.3 Å². The van der Waals surface area contributed by atoms with Crippen LogP contribution < -0.4 is 0 Å². The number of allylic oxidation sites excluding steroid dienone is 1. The Morgan fingerprint density at radius 1 is 0.846 bits per heavy atom. The van der Waals surface area contributed by atoms with E-state index in [4.69, 9.17) is 4.74 Å². The second-order valence-electron chi connectivity index (χ2n) is 6.31. The second kappa shape index (κ2) is 7.25. The molecule has 2 atom stereocenters. The smallest absolute Gasteiger partial charge is 0.141 e. The van der Waals surface area contributed by atoms with Crippen molar-refractivity contribution in [1.29, 1.82) is 5.26 Å². The second-order valence-corrected chi connectivity index (χ2v) is 6.31. The highest BCUT2D eigenvalue weighted by Crippen LogP contribution is 2.45. The third-order valence-electron chi connectivity index (χ3n) is 4.74. The molecule has 0 saturated carbocycles. The van der Waals surface area contributed by atoms with Crippen molar-refractivity contribution in [2.45, 2.75) is 18.4 Å². The molecule has 0 fully saturated rings. The van der Waals surface area contributed by atoms with E-state index in [-0.39, 0.29) is 12.0 Å². The van der Waals surface area contributed by atoms with Crippen LogP contribution in [0.1, 0.15) is 35.1 Å². The number of ether oxygens (including phenoxy) is 1. The lowest BCUT2D eigenvalue weighted by Crippen LogP contribution is -2.19. The minimum absolute atomic E-state index is 0.0165. The summed E-state index contributed by atoms with van der Waals surface area (Å²) in [4.78, 5) is 4.12. The first-order valence-corrected chi connectivity index (χ1v) is 8.68. The van der Waals surface area contributed by atoms with Gasteiger partial charge in [0.2, 0.25) is 0 Å². The Hall–Kier alpha value is -3.38. The summed E-state index contributed by atoms with van der Waals surface area (Å²) in [5.74, 6) is 0.659. The molecule has 3 heteroatoms. The van der Waals surface area contributed by atoms with Gasteiger partial charge in [0.15, 0.2) is 0 Å². The van der Waals surface area contributed by atoms with E-state index in [0.717, 1.165) is 23.1 Å². The van der Waals surface area contributed by atoms with E-state index in [1.165, 1.54) is 0 Å². The summed E-state index contributed by atoms with van der Waals surface area (Å²) < 4.78 is 6.36. The van der Waals surface area contributed by atoms with Crippen LogP contribution in [0.2, 0.25) is 0 Å². The fourth-order valence-electron chi connectivity index (χ4n) is 3.46. The monoisotopic (exact) mass is 338 g/mol. The Labute approximate surface area is 153 Å². The van der Waals surface area contributed by atoms with Crippen molar-refractivity contribution >= 4 is 5.76 Å². The van der Waals surface area contributed by atoms with Crippen LogP contribution in [0.4, 0.5) is 0 Å². The Morgan fingerprint density at radius 3 is 2.15 bits per heavy atom. The quantitative estimate of drug-likeness (QED) is 0.654. The number of hydrogen-bond donors (Lipinski definition) is 0. The third kappa shape index (κ3) is 3.10. The highest BCUT2D eigenvalue weighted by molar-refractivity contribution is 5.70. The fraction of sp³-hybridized carbons (Fsp3) is 0.130. The van der Waals surface area contributed by atoms with Gasteiger partial charge < -0.3 is 4.74 Å². The predicted octanol–water partition coefficient (Wildman–Crippen LogP) is 5.26. The van der Waals surface area contributed by atoms with Gasteiger partial charge in [-0.3, -0.25) is 4.98 Å². The van der Waals surface area contributed by atoms with Gasteiger partial charge in [-0.2, -0.15) is 5.26 Å². The van der Waals surface area contributed by atoms with Crippen LogP contribution in [0.15, 0.2) is 90.8 Å². The minimum Gasteiger partial charge on any atom is -0.484 e. The topological polar surface area (TPSA) is 45.9 Å². The van der Waals surface area contributed by atoms with Crippen LogP contribution in [0, 0.1) is 11.3 Å². The molecule has 4 rings (SSSR count). The molecule has 0 bridgehead atoms. The van der Waals surface area contributed by atoms with Crippen LogP contribution in [0.25, 0.3) is 5.76 Å². The highest BCUT2D eigenvalue weighted by Gasteiger charge is 2.33. The molecule has 3 aromatic rings. The lowest BCUT2D eigenvalue weighted by atomic mass is 9.82.